The fourth-order valence-corrected chi connectivity index (χ4v) is 3.97. The molecule has 4 aromatic rings. The maximum Gasteiger partial charge on any atom is 0.252 e. The van der Waals surface area contributed by atoms with Gasteiger partial charge in [-0.2, -0.15) is 0 Å². The Morgan fingerprint density at radius 1 is 1.10 bits per heavy atom. The largest absolute Gasteiger partial charge is 0.355 e. The van der Waals surface area contributed by atoms with Crippen LogP contribution in [0.4, 0.5) is 0 Å². The maximum atomic E-state index is 12.1. The quantitative estimate of drug-likeness (QED) is 0.463. The summed E-state index contributed by atoms with van der Waals surface area (Å²) in [5.74, 6) is -0.152. The van der Waals surface area contributed by atoms with Crippen LogP contribution in [0.1, 0.15) is 21.7 Å². The van der Waals surface area contributed by atoms with Gasteiger partial charge in [0.2, 0.25) is 0 Å². The van der Waals surface area contributed by atoms with Crippen LogP contribution in [0.2, 0.25) is 0 Å². The predicted octanol–water partition coefficient (Wildman–Crippen LogP) is 4.64. The van der Waals surface area contributed by atoms with Gasteiger partial charge < -0.3 is 5.32 Å². The highest BCUT2D eigenvalue weighted by Gasteiger charge is 2.13. The highest BCUT2D eigenvalue weighted by atomic mass is 32.2. The van der Waals surface area contributed by atoms with Crippen LogP contribution >= 0.6 is 11.8 Å². The van der Waals surface area contributed by atoms with E-state index in [0.717, 1.165) is 25.7 Å². The van der Waals surface area contributed by atoms with Crippen LogP contribution in [0.25, 0.3) is 23.1 Å². The molecule has 7 nitrogen and oxygen atoms in total. The predicted molar refractivity (Wildman–Crippen MR) is 118 cm³/mol. The van der Waals surface area contributed by atoms with Crippen molar-refractivity contribution in [3.63, 3.8) is 0 Å². The first-order valence-corrected chi connectivity index (χ1v) is 9.96. The van der Waals surface area contributed by atoms with Crippen molar-refractivity contribution in [3.8, 4) is 0 Å². The first-order valence-electron chi connectivity index (χ1n) is 9.14. The van der Waals surface area contributed by atoms with Crippen molar-refractivity contribution in [2.45, 2.75) is 9.79 Å². The monoisotopic (exact) mass is 415 g/mol. The third-order valence-corrected chi connectivity index (χ3v) is 5.49. The van der Waals surface area contributed by atoms with Gasteiger partial charge >= 0.3 is 0 Å². The van der Waals surface area contributed by atoms with Crippen molar-refractivity contribution in [2.24, 2.45) is 5.29 Å². The number of carbonyl (C=O) groups excluding carboxylic acids is 1. The number of amides is 1. The number of aromatic nitrogens is 3. The van der Waals surface area contributed by atoms with Gasteiger partial charge in [-0.3, -0.25) is 9.78 Å². The number of fused-ring (bicyclic) bond motifs is 1. The zero-order valence-electron chi connectivity index (χ0n) is 16.0. The van der Waals surface area contributed by atoms with E-state index in [1.54, 1.807) is 25.4 Å². The Kier molecular flexibility index (Phi) is 5.67. The van der Waals surface area contributed by atoms with Crippen LogP contribution in [0.15, 0.2) is 81.9 Å². The average Bonchev–Trinajstić information content (AvgIpc) is 3.15. The van der Waals surface area contributed by atoms with E-state index in [0.29, 0.717) is 16.8 Å². The second kappa shape index (κ2) is 8.71. The summed E-state index contributed by atoms with van der Waals surface area (Å²) in [6.07, 6.45) is 5.35. The second-order valence-electron chi connectivity index (χ2n) is 6.30. The lowest BCUT2D eigenvalue weighted by atomic mass is 10.2. The van der Waals surface area contributed by atoms with Crippen molar-refractivity contribution >= 4 is 40.7 Å². The van der Waals surface area contributed by atoms with E-state index in [1.807, 2.05) is 60.7 Å². The van der Waals surface area contributed by atoms with Gasteiger partial charge in [-0.05, 0) is 54.6 Å². The molecule has 8 heteroatoms. The number of carbonyl (C=O) groups is 1. The fraction of sp³-hybridized carbons (Fsp3) is 0.0455. The number of pyridine rings is 1. The van der Waals surface area contributed by atoms with E-state index >= 15 is 0 Å². The Balaban J connectivity index is 1.69. The van der Waals surface area contributed by atoms with E-state index in [-0.39, 0.29) is 5.91 Å². The van der Waals surface area contributed by atoms with Crippen LogP contribution in [0.5, 0.6) is 0 Å². The molecule has 2 heterocycles. The fourth-order valence-electron chi connectivity index (χ4n) is 3.00. The number of rotatable bonds is 6. The lowest BCUT2D eigenvalue weighted by molar-refractivity contribution is 0.0960. The SMILES string of the molecule is CNC(=O)c1ccccc1Sc1ccc2c(/C=C/c3ccccn3)nn(N=O)c2c1. The highest BCUT2D eigenvalue weighted by molar-refractivity contribution is 7.99. The summed E-state index contributed by atoms with van der Waals surface area (Å²) in [4.78, 5) is 30.4. The number of benzene rings is 2. The molecule has 4 rings (SSSR count). The Hall–Kier alpha value is -3.78. The first-order chi connectivity index (χ1) is 14.7. The normalized spacial score (nSPS) is 11.1. The Labute approximate surface area is 176 Å². The number of nitrogens with one attached hydrogen (secondary N) is 1. The van der Waals surface area contributed by atoms with Crippen molar-refractivity contribution in [1.82, 2.24) is 20.2 Å². The van der Waals surface area contributed by atoms with E-state index in [2.05, 4.69) is 20.7 Å². The lowest BCUT2D eigenvalue weighted by Crippen LogP contribution is -2.18. The second-order valence-corrected chi connectivity index (χ2v) is 7.42. The molecule has 1 N–H and O–H groups in total. The zero-order valence-corrected chi connectivity index (χ0v) is 16.8. The molecular formula is C22H17N5O2S. The molecule has 2 aromatic carbocycles. The van der Waals surface area contributed by atoms with Gasteiger partial charge in [0, 0.05) is 28.4 Å². The van der Waals surface area contributed by atoms with Crippen molar-refractivity contribution in [2.75, 3.05) is 7.05 Å². The molecule has 0 saturated carbocycles. The van der Waals surface area contributed by atoms with Crippen molar-refractivity contribution < 1.29 is 4.79 Å². The maximum absolute atomic E-state index is 12.1. The molecule has 0 atom stereocenters. The summed E-state index contributed by atoms with van der Waals surface area (Å²) in [5.41, 5.74) is 2.59. The van der Waals surface area contributed by atoms with E-state index in [9.17, 15) is 9.70 Å². The minimum absolute atomic E-state index is 0.152. The minimum Gasteiger partial charge on any atom is -0.355 e. The van der Waals surface area contributed by atoms with Crippen molar-refractivity contribution in [1.29, 1.82) is 0 Å². The smallest absolute Gasteiger partial charge is 0.252 e. The van der Waals surface area contributed by atoms with Crippen LogP contribution in [0.3, 0.4) is 0 Å². The summed E-state index contributed by atoms with van der Waals surface area (Å²) >= 11 is 1.44. The standard InChI is InChI=1S/C22H17N5O2S/c1-23-22(28)18-7-2-3-8-21(18)30-16-10-11-17-19(25-27(26-29)20(17)14-16)12-9-15-6-4-5-13-24-15/h2-14H,1H3,(H,23,28)/b12-9+. The summed E-state index contributed by atoms with van der Waals surface area (Å²) < 4.78 is 0. The molecular weight excluding hydrogens is 398 g/mol. The molecule has 0 radical (unpaired) electrons. The van der Waals surface area contributed by atoms with Gasteiger partial charge in [0.1, 0.15) is 0 Å². The van der Waals surface area contributed by atoms with E-state index < -0.39 is 0 Å². The molecule has 0 spiro atoms. The molecule has 30 heavy (non-hydrogen) atoms. The number of nitroso groups, excluding NO2 is 1. The lowest BCUT2D eigenvalue weighted by Gasteiger charge is -2.08. The molecule has 0 aliphatic heterocycles. The minimum atomic E-state index is -0.152. The first kappa shape index (κ1) is 19.5. The third-order valence-electron chi connectivity index (χ3n) is 4.43. The van der Waals surface area contributed by atoms with Crippen LogP contribution < -0.4 is 5.32 Å². The van der Waals surface area contributed by atoms with Gasteiger partial charge in [0.15, 0.2) is 0 Å². The zero-order chi connectivity index (χ0) is 20.9. The molecule has 0 saturated heterocycles. The Morgan fingerprint density at radius 3 is 2.70 bits per heavy atom. The van der Waals surface area contributed by atoms with Gasteiger partial charge in [0.25, 0.3) is 5.91 Å². The van der Waals surface area contributed by atoms with Gasteiger partial charge in [-0.1, -0.05) is 30.0 Å². The average molecular weight is 415 g/mol. The summed E-state index contributed by atoms with van der Waals surface area (Å²) in [5, 5.41) is 10.7. The molecule has 0 bridgehead atoms. The Bertz CT molecular complexity index is 1250. The van der Waals surface area contributed by atoms with Crippen LogP contribution in [0, 0.1) is 4.91 Å². The number of nitrogens with zero attached hydrogens (tertiary/aromatic N) is 4. The summed E-state index contributed by atoms with van der Waals surface area (Å²) in [6, 6.07) is 18.7. The topological polar surface area (TPSA) is 89.2 Å². The van der Waals surface area contributed by atoms with Crippen LogP contribution in [-0.2, 0) is 0 Å². The molecule has 0 unspecified atom stereocenters. The van der Waals surface area contributed by atoms with Crippen LogP contribution in [-0.4, -0.2) is 27.8 Å². The third kappa shape index (κ3) is 3.99. The summed E-state index contributed by atoms with van der Waals surface area (Å²) in [7, 11) is 1.60. The molecule has 1 amide bonds. The summed E-state index contributed by atoms with van der Waals surface area (Å²) in [6.45, 7) is 0. The number of hydrogen-bond donors (Lipinski definition) is 1. The molecule has 2 aromatic heterocycles. The number of hydrogen-bond acceptors (Lipinski definition) is 6. The van der Waals surface area contributed by atoms with Gasteiger partial charge in [-0.15, -0.1) is 14.8 Å². The highest BCUT2D eigenvalue weighted by Crippen LogP contribution is 2.33. The van der Waals surface area contributed by atoms with Gasteiger partial charge in [0.05, 0.1) is 27.8 Å². The van der Waals surface area contributed by atoms with E-state index in [1.165, 1.54) is 11.8 Å². The molecule has 0 aliphatic rings. The molecule has 0 fully saturated rings. The van der Waals surface area contributed by atoms with Crippen molar-refractivity contribution in [3.05, 3.63) is 88.7 Å². The van der Waals surface area contributed by atoms with E-state index in [4.69, 9.17) is 0 Å². The molecule has 0 aliphatic carbocycles. The van der Waals surface area contributed by atoms with Gasteiger partial charge in [-0.25, -0.2) is 0 Å². The Morgan fingerprint density at radius 2 is 1.93 bits per heavy atom. The molecule has 148 valence electrons.